The standard InChI is InChI=1S/C26H29F3N4O2/c1-15-12-22(31-16(2)19-6-5-7-20(24(19)27)26(28)29)21-13-18(14-23(35-4)25(21)30-15)33-10-8-32(9-11-33)17(3)34/h5-7,12-14,16,26H,8-11H2,1-4H3,(H,30,31). The maximum absolute atomic E-state index is 14.8. The number of pyridine rings is 1. The van der Waals surface area contributed by atoms with Gasteiger partial charge in [0.2, 0.25) is 5.91 Å². The zero-order chi connectivity index (χ0) is 25.3. The monoisotopic (exact) mass is 486 g/mol. The van der Waals surface area contributed by atoms with Crippen LogP contribution in [0, 0.1) is 12.7 Å². The van der Waals surface area contributed by atoms with Crippen molar-refractivity contribution in [1.82, 2.24) is 9.88 Å². The van der Waals surface area contributed by atoms with E-state index in [1.807, 2.05) is 30.0 Å². The number of carbonyl (C=O) groups excluding carboxylic acids is 1. The predicted octanol–water partition coefficient (Wildman–Crippen LogP) is 5.47. The van der Waals surface area contributed by atoms with E-state index in [0.29, 0.717) is 43.1 Å². The minimum atomic E-state index is -2.89. The van der Waals surface area contributed by atoms with E-state index < -0.39 is 23.8 Å². The average Bonchev–Trinajstić information content (AvgIpc) is 2.83. The number of benzene rings is 2. The molecule has 0 radical (unpaired) electrons. The minimum Gasteiger partial charge on any atom is -0.494 e. The van der Waals surface area contributed by atoms with Gasteiger partial charge in [-0.2, -0.15) is 0 Å². The number of alkyl halides is 2. The van der Waals surface area contributed by atoms with Crippen LogP contribution < -0.4 is 15.0 Å². The lowest BCUT2D eigenvalue weighted by Crippen LogP contribution is -2.48. The van der Waals surface area contributed by atoms with Crippen LogP contribution >= 0.6 is 0 Å². The second-order valence-corrected chi connectivity index (χ2v) is 8.77. The van der Waals surface area contributed by atoms with Gasteiger partial charge in [-0.3, -0.25) is 4.79 Å². The number of hydrogen-bond acceptors (Lipinski definition) is 5. The Morgan fingerprint density at radius 3 is 2.43 bits per heavy atom. The largest absolute Gasteiger partial charge is 0.494 e. The molecule has 0 bridgehead atoms. The summed E-state index contributed by atoms with van der Waals surface area (Å²) in [5.41, 5.74) is 2.55. The van der Waals surface area contributed by atoms with Gasteiger partial charge in [-0.25, -0.2) is 18.2 Å². The van der Waals surface area contributed by atoms with Crippen LogP contribution in [0.1, 0.15) is 43.1 Å². The molecule has 1 unspecified atom stereocenters. The number of aryl methyl sites for hydroxylation is 1. The summed E-state index contributed by atoms with van der Waals surface area (Å²) in [4.78, 5) is 20.3. The Morgan fingerprint density at radius 2 is 1.80 bits per heavy atom. The highest BCUT2D eigenvalue weighted by Crippen LogP contribution is 2.37. The third-order valence-electron chi connectivity index (χ3n) is 6.43. The third kappa shape index (κ3) is 4.99. The van der Waals surface area contributed by atoms with Gasteiger partial charge in [0.15, 0.2) is 0 Å². The van der Waals surface area contributed by atoms with Gasteiger partial charge in [-0.15, -0.1) is 0 Å². The topological polar surface area (TPSA) is 57.7 Å². The maximum atomic E-state index is 14.8. The summed E-state index contributed by atoms with van der Waals surface area (Å²) in [7, 11) is 1.58. The van der Waals surface area contributed by atoms with Gasteiger partial charge in [0.25, 0.3) is 6.43 Å². The van der Waals surface area contributed by atoms with Gasteiger partial charge in [0, 0.05) is 67.2 Å². The number of fused-ring (bicyclic) bond motifs is 1. The highest BCUT2D eigenvalue weighted by Gasteiger charge is 2.23. The molecule has 4 rings (SSSR count). The lowest BCUT2D eigenvalue weighted by Gasteiger charge is -2.36. The Labute approximate surface area is 202 Å². The molecule has 1 saturated heterocycles. The van der Waals surface area contributed by atoms with Crippen molar-refractivity contribution in [1.29, 1.82) is 0 Å². The zero-order valence-corrected chi connectivity index (χ0v) is 20.2. The van der Waals surface area contributed by atoms with Gasteiger partial charge >= 0.3 is 0 Å². The number of carbonyl (C=O) groups is 1. The zero-order valence-electron chi connectivity index (χ0n) is 20.2. The fourth-order valence-corrected chi connectivity index (χ4v) is 4.53. The van der Waals surface area contributed by atoms with Gasteiger partial charge < -0.3 is 19.9 Å². The molecule has 1 fully saturated rings. The van der Waals surface area contributed by atoms with E-state index in [2.05, 4.69) is 15.2 Å². The number of piperazine rings is 1. The third-order valence-corrected chi connectivity index (χ3v) is 6.43. The van der Waals surface area contributed by atoms with Gasteiger partial charge in [-0.05, 0) is 26.0 Å². The Balaban J connectivity index is 1.72. The van der Waals surface area contributed by atoms with Gasteiger partial charge in [0.05, 0.1) is 18.7 Å². The lowest BCUT2D eigenvalue weighted by atomic mass is 10.0. The van der Waals surface area contributed by atoms with Gasteiger partial charge in [-0.1, -0.05) is 18.2 Å². The summed E-state index contributed by atoms with van der Waals surface area (Å²) in [6.45, 7) is 7.77. The second-order valence-electron chi connectivity index (χ2n) is 8.77. The fraction of sp³-hybridized carbons (Fsp3) is 0.385. The molecule has 1 N–H and O–H groups in total. The first-order valence-electron chi connectivity index (χ1n) is 11.5. The lowest BCUT2D eigenvalue weighted by molar-refractivity contribution is -0.129. The molecular formula is C26H29F3N4O2. The van der Waals surface area contributed by atoms with E-state index in [1.54, 1.807) is 21.0 Å². The van der Waals surface area contributed by atoms with Crippen molar-refractivity contribution in [3.05, 3.63) is 59.0 Å². The molecule has 186 valence electrons. The van der Waals surface area contributed by atoms with Crippen LogP contribution in [-0.4, -0.2) is 49.1 Å². The first-order valence-corrected chi connectivity index (χ1v) is 11.5. The number of hydrogen-bond donors (Lipinski definition) is 1. The van der Waals surface area contributed by atoms with Crippen molar-refractivity contribution < 1.29 is 22.7 Å². The van der Waals surface area contributed by atoms with Crippen LogP contribution in [0.2, 0.25) is 0 Å². The maximum Gasteiger partial charge on any atom is 0.266 e. The molecule has 9 heteroatoms. The molecule has 1 atom stereocenters. The predicted molar refractivity (Wildman–Crippen MR) is 131 cm³/mol. The summed E-state index contributed by atoms with van der Waals surface area (Å²) in [6.07, 6.45) is -2.89. The molecule has 0 aliphatic carbocycles. The Hall–Kier alpha value is -3.49. The van der Waals surface area contributed by atoms with E-state index in [0.717, 1.165) is 22.8 Å². The normalized spacial score (nSPS) is 15.0. The molecule has 6 nitrogen and oxygen atoms in total. The number of amides is 1. The summed E-state index contributed by atoms with van der Waals surface area (Å²) >= 11 is 0. The molecule has 35 heavy (non-hydrogen) atoms. The Morgan fingerprint density at radius 1 is 1.11 bits per heavy atom. The number of nitrogens with zero attached hydrogens (tertiary/aromatic N) is 3. The number of ether oxygens (including phenoxy) is 1. The number of methoxy groups -OCH3 is 1. The smallest absolute Gasteiger partial charge is 0.266 e. The van der Waals surface area contributed by atoms with Crippen LogP contribution in [0.25, 0.3) is 10.9 Å². The van der Waals surface area contributed by atoms with Crippen molar-refractivity contribution in [3.8, 4) is 5.75 Å². The van der Waals surface area contributed by atoms with E-state index in [9.17, 15) is 18.0 Å². The number of rotatable bonds is 6. The molecule has 1 aliphatic rings. The number of nitrogens with one attached hydrogen (secondary N) is 1. The number of aromatic nitrogens is 1. The van der Waals surface area contributed by atoms with Crippen LogP contribution in [0.15, 0.2) is 36.4 Å². The van der Waals surface area contributed by atoms with Crippen molar-refractivity contribution in [3.63, 3.8) is 0 Å². The molecule has 1 aliphatic heterocycles. The summed E-state index contributed by atoms with van der Waals surface area (Å²) < 4.78 is 46.9. The second kappa shape index (κ2) is 10.0. The number of halogens is 3. The Bertz CT molecular complexity index is 1240. The first-order chi connectivity index (χ1) is 16.7. The number of anilines is 2. The molecule has 0 saturated carbocycles. The Kier molecular flexibility index (Phi) is 7.05. The van der Waals surface area contributed by atoms with E-state index >= 15 is 0 Å². The first kappa shape index (κ1) is 24.6. The summed E-state index contributed by atoms with van der Waals surface area (Å²) in [6, 6.07) is 9.25. The van der Waals surface area contributed by atoms with Crippen LogP contribution in [0.3, 0.4) is 0 Å². The molecule has 3 aromatic rings. The quantitative estimate of drug-likeness (QED) is 0.501. The van der Waals surface area contributed by atoms with E-state index in [4.69, 9.17) is 4.74 Å². The molecule has 1 amide bonds. The van der Waals surface area contributed by atoms with Crippen molar-refractivity contribution >= 4 is 28.2 Å². The SMILES string of the molecule is COc1cc(N2CCN(C(C)=O)CC2)cc2c(NC(C)c3cccc(C(F)F)c3F)cc(C)nc12. The van der Waals surface area contributed by atoms with Crippen molar-refractivity contribution in [2.45, 2.75) is 33.2 Å². The fourth-order valence-electron chi connectivity index (χ4n) is 4.53. The average molecular weight is 487 g/mol. The minimum absolute atomic E-state index is 0.0593. The molecular weight excluding hydrogens is 457 g/mol. The van der Waals surface area contributed by atoms with Crippen LogP contribution in [0.4, 0.5) is 24.5 Å². The molecule has 0 spiro atoms. The highest BCUT2D eigenvalue weighted by atomic mass is 19.3. The van der Waals surface area contributed by atoms with E-state index in [-0.39, 0.29) is 11.5 Å². The van der Waals surface area contributed by atoms with Gasteiger partial charge in [0.1, 0.15) is 17.1 Å². The molecule has 1 aromatic heterocycles. The van der Waals surface area contributed by atoms with Crippen LogP contribution in [0.5, 0.6) is 5.75 Å². The molecule has 2 aromatic carbocycles. The summed E-state index contributed by atoms with van der Waals surface area (Å²) in [5.74, 6) is -0.250. The highest BCUT2D eigenvalue weighted by molar-refractivity contribution is 5.98. The van der Waals surface area contributed by atoms with Crippen LogP contribution in [-0.2, 0) is 4.79 Å². The van der Waals surface area contributed by atoms with E-state index in [1.165, 1.54) is 12.1 Å². The van der Waals surface area contributed by atoms with Crippen molar-refractivity contribution in [2.24, 2.45) is 0 Å². The molecule has 2 heterocycles. The summed E-state index contributed by atoms with van der Waals surface area (Å²) in [5, 5.41) is 4.07. The van der Waals surface area contributed by atoms with Crippen molar-refractivity contribution in [2.75, 3.05) is 43.5 Å².